The van der Waals surface area contributed by atoms with Crippen molar-refractivity contribution in [1.29, 1.82) is 0 Å². The average molecular weight is 381 g/mol. The second kappa shape index (κ2) is 7.22. The van der Waals surface area contributed by atoms with E-state index >= 15 is 0 Å². The summed E-state index contributed by atoms with van der Waals surface area (Å²) in [4.78, 5) is 18.6. The molecule has 0 aliphatic carbocycles. The van der Waals surface area contributed by atoms with E-state index in [1.807, 2.05) is 30.3 Å². The molecule has 8 nitrogen and oxygen atoms in total. The minimum atomic E-state index is -0.580. The number of ether oxygens (including phenoxy) is 3. The number of anilines is 1. The highest BCUT2D eigenvalue weighted by molar-refractivity contribution is 5.99. The zero-order valence-electron chi connectivity index (χ0n) is 15.7. The van der Waals surface area contributed by atoms with Crippen molar-refractivity contribution < 1.29 is 23.5 Å². The van der Waals surface area contributed by atoms with Crippen molar-refractivity contribution in [3.63, 3.8) is 0 Å². The van der Waals surface area contributed by atoms with Gasteiger partial charge >= 0.3 is 0 Å². The van der Waals surface area contributed by atoms with E-state index in [9.17, 15) is 4.79 Å². The fourth-order valence-corrected chi connectivity index (χ4v) is 3.07. The molecule has 1 atom stereocenters. The Balaban J connectivity index is 1.61. The summed E-state index contributed by atoms with van der Waals surface area (Å²) in [6.07, 6.45) is -0.580. The molecule has 2 heterocycles. The van der Waals surface area contributed by atoms with Crippen LogP contribution in [-0.2, 0) is 11.3 Å². The predicted molar refractivity (Wildman–Crippen MR) is 101 cm³/mol. The minimum absolute atomic E-state index is 0.157. The summed E-state index contributed by atoms with van der Waals surface area (Å²) in [5.74, 6) is 2.38. The Labute approximate surface area is 161 Å². The first kappa shape index (κ1) is 17.8. The first-order valence-corrected chi connectivity index (χ1v) is 8.72. The molecule has 0 saturated heterocycles. The molecule has 8 heteroatoms. The van der Waals surface area contributed by atoms with E-state index in [0.717, 1.165) is 5.56 Å². The van der Waals surface area contributed by atoms with Crippen molar-refractivity contribution in [3.8, 4) is 28.6 Å². The van der Waals surface area contributed by atoms with E-state index in [4.69, 9.17) is 18.7 Å². The van der Waals surface area contributed by atoms with Crippen molar-refractivity contribution in [2.45, 2.75) is 19.6 Å². The molecular formula is C20H19N3O5. The lowest BCUT2D eigenvalue weighted by molar-refractivity contribution is -0.125. The number of carbonyl (C=O) groups excluding carboxylic acids is 1. The summed E-state index contributed by atoms with van der Waals surface area (Å²) >= 11 is 0. The van der Waals surface area contributed by atoms with Gasteiger partial charge in [-0.25, -0.2) is 0 Å². The molecule has 0 saturated carbocycles. The van der Waals surface area contributed by atoms with E-state index in [-0.39, 0.29) is 12.5 Å². The van der Waals surface area contributed by atoms with Gasteiger partial charge in [-0.1, -0.05) is 17.3 Å². The molecule has 1 unspecified atom stereocenters. The Hall–Kier alpha value is -3.55. The Bertz CT molecular complexity index is 1020. The maximum atomic E-state index is 12.6. The summed E-state index contributed by atoms with van der Waals surface area (Å²) < 4.78 is 21.6. The van der Waals surface area contributed by atoms with E-state index in [1.165, 1.54) is 0 Å². The van der Waals surface area contributed by atoms with Crippen LogP contribution in [0.3, 0.4) is 0 Å². The lowest BCUT2D eigenvalue weighted by Crippen LogP contribution is -2.44. The zero-order chi connectivity index (χ0) is 19.7. The SMILES string of the molecule is COc1ccc(-c2noc(CN3C(=O)C(C)Oc4ccccc43)n2)cc1OC. The monoisotopic (exact) mass is 381 g/mol. The normalized spacial score (nSPS) is 15.8. The first-order chi connectivity index (χ1) is 13.6. The van der Waals surface area contributed by atoms with Gasteiger partial charge in [0.25, 0.3) is 5.91 Å². The first-order valence-electron chi connectivity index (χ1n) is 8.72. The van der Waals surface area contributed by atoms with Crippen molar-refractivity contribution in [1.82, 2.24) is 10.1 Å². The van der Waals surface area contributed by atoms with Gasteiger partial charge in [0.15, 0.2) is 17.6 Å². The predicted octanol–water partition coefficient (Wildman–Crippen LogP) is 3.07. The van der Waals surface area contributed by atoms with Crippen molar-refractivity contribution >= 4 is 11.6 Å². The molecular weight excluding hydrogens is 362 g/mol. The van der Waals surface area contributed by atoms with Gasteiger partial charge < -0.3 is 18.7 Å². The molecule has 144 valence electrons. The summed E-state index contributed by atoms with van der Waals surface area (Å²) in [6, 6.07) is 12.7. The van der Waals surface area contributed by atoms with Gasteiger partial charge in [0.2, 0.25) is 11.7 Å². The number of fused-ring (bicyclic) bond motifs is 1. The number of rotatable bonds is 5. The van der Waals surface area contributed by atoms with Crippen LogP contribution in [0.4, 0.5) is 5.69 Å². The molecule has 0 N–H and O–H groups in total. The molecule has 0 bridgehead atoms. The van der Waals surface area contributed by atoms with Gasteiger partial charge in [0, 0.05) is 5.56 Å². The maximum absolute atomic E-state index is 12.6. The van der Waals surface area contributed by atoms with E-state index in [1.54, 1.807) is 38.2 Å². The molecule has 3 aromatic rings. The molecule has 4 rings (SSSR count). The van der Waals surface area contributed by atoms with Gasteiger partial charge in [0.05, 0.1) is 19.9 Å². The average Bonchev–Trinajstić information content (AvgIpc) is 3.19. The second-order valence-corrected chi connectivity index (χ2v) is 6.23. The topological polar surface area (TPSA) is 86.9 Å². The molecule has 0 fully saturated rings. The molecule has 1 aromatic heterocycles. The summed E-state index contributed by atoms with van der Waals surface area (Å²) in [7, 11) is 3.13. The Morgan fingerprint density at radius 1 is 1.11 bits per heavy atom. The lowest BCUT2D eigenvalue weighted by Gasteiger charge is -2.31. The second-order valence-electron chi connectivity index (χ2n) is 6.23. The molecule has 0 radical (unpaired) electrons. The number of methoxy groups -OCH3 is 2. The third-order valence-electron chi connectivity index (χ3n) is 4.48. The summed E-state index contributed by atoms with van der Waals surface area (Å²) in [5.41, 5.74) is 1.39. The fraction of sp³-hybridized carbons (Fsp3) is 0.250. The van der Waals surface area contributed by atoms with Crippen LogP contribution in [0, 0.1) is 0 Å². The van der Waals surface area contributed by atoms with Gasteiger partial charge in [-0.3, -0.25) is 9.69 Å². The van der Waals surface area contributed by atoms with Gasteiger partial charge in [-0.2, -0.15) is 4.98 Å². The van der Waals surface area contributed by atoms with Crippen molar-refractivity contribution in [2.75, 3.05) is 19.1 Å². The largest absolute Gasteiger partial charge is 0.493 e. The number of nitrogens with zero attached hydrogens (tertiary/aromatic N) is 3. The number of amides is 1. The smallest absolute Gasteiger partial charge is 0.268 e. The Morgan fingerprint density at radius 2 is 1.89 bits per heavy atom. The van der Waals surface area contributed by atoms with Crippen LogP contribution in [0.5, 0.6) is 17.2 Å². The fourth-order valence-electron chi connectivity index (χ4n) is 3.07. The standard InChI is InChI=1S/C20H19N3O5/c1-12-20(24)23(14-6-4-5-7-15(14)27-12)11-18-21-19(22-28-18)13-8-9-16(25-2)17(10-13)26-3/h4-10,12H,11H2,1-3H3. The van der Waals surface area contributed by atoms with Crippen LogP contribution in [0.2, 0.25) is 0 Å². The summed E-state index contributed by atoms with van der Waals surface area (Å²) in [6.45, 7) is 1.87. The third kappa shape index (κ3) is 3.13. The highest BCUT2D eigenvalue weighted by atomic mass is 16.5. The van der Waals surface area contributed by atoms with Gasteiger partial charge in [0.1, 0.15) is 12.3 Å². The Kier molecular flexibility index (Phi) is 4.60. The van der Waals surface area contributed by atoms with E-state index < -0.39 is 6.10 Å². The highest BCUT2D eigenvalue weighted by Gasteiger charge is 2.32. The minimum Gasteiger partial charge on any atom is -0.493 e. The number of benzene rings is 2. The molecule has 1 aliphatic heterocycles. The molecule has 28 heavy (non-hydrogen) atoms. The lowest BCUT2D eigenvalue weighted by atomic mass is 10.2. The molecule has 1 amide bonds. The molecule has 0 spiro atoms. The van der Waals surface area contributed by atoms with E-state index in [0.29, 0.717) is 34.7 Å². The van der Waals surface area contributed by atoms with Gasteiger partial charge in [-0.15, -0.1) is 0 Å². The zero-order valence-corrected chi connectivity index (χ0v) is 15.7. The number of para-hydroxylation sites is 2. The van der Waals surface area contributed by atoms with Crippen LogP contribution in [0.15, 0.2) is 47.0 Å². The highest BCUT2D eigenvalue weighted by Crippen LogP contribution is 2.35. The number of hydrogen-bond donors (Lipinski definition) is 0. The molecule has 1 aliphatic rings. The van der Waals surface area contributed by atoms with E-state index in [2.05, 4.69) is 10.1 Å². The molecule has 2 aromatic carbocycles. The van der Waals surface area contributed by atoms with Crippen LogP contribution in [0.1, 0.15) is 12.8 Å². The van der Waals surface area contributed by atoms with Crippen LogP contribution >= 0.6 is 0 Å². The third-order valence-corrected chi connectivity index (χ3v) is 4.48. The maximum Gasteiger partial charge on any atom is 0.268 e. The van der Waals surface area contributed by atoms with Crippen LogP contribution in [-0.4, -0.2) is 36.4 Å². The van der Waals surface area contributed by atoms with Crippen LogP contribution < -0.4 is 19.1 Å². The Morgan fingerprint density at radius 3 is 2.68 bits per heavy atom. The van der Waals surface area contributed by atoms with Gasteiger partial charge in [-0.05, 0) is 37.3 Å². The quantitative estimate of drug-likeness (QED) is 0.671. The number of hydrogen-bond acceptors (Lipinski definition) is 7. The van der Waals surface area contributed by atoms with Crippen LogP contribution in [0.25, 0.3) is 11.4 Å². The van der Waals surface area contributed by atoms with Crippen molar-refractivity contribution in [3.05, 3.63) is 48.4 Å². The summed E-state index contributed by atoms with van der Waals surface area (Å²) in [5, 5.41) is 4.03. The number of carbonyl (C=O) groups is 1. The van der Waals surface area contributed by atoms with Crippen molar-refractivity contribution in [2.24, 2.45) is 0 Å². The number of aromatic nitrogens is 2.